The molecule has 1 N–H and O–H groups in total. The predicted octanol–water partition coefficient (Wildman–Crippen LogP) is 1.09. The van der Waals surface area contributed by atoms with Crippen LogP contribution in [0.5, 0.6) is 0 Å². The molecule has 1 aliphatic heterocycles. The van der Waals surface area contributed by atoms with Crippen LogP contribution < -0.4 is 5.32 Å². The van der Waals surface area contributed by atoms with Crippen molar-refractivity contribution in [2.75, 3.05) is 0 Å². The highest BCUT2D eigenvalue weighted by Crippen LogP contribution is 2.49. The van der Waals surface area contributed by atoms with E-state index in [1.165, 1.54) is 19.3 Å². The first-order chi connectivity index (χ1) is 5.86. The lowest BCUT2D eigenvalue weighted by Crippen LogP contribution is -2.58. The molecule has 0 spiro atoms. The van der Waals surface area contributed by atoms with Gasteiger partial charge in [0.2, 0.25) is 5.91 Å². The summed E-state index contributed by atoms with van der Waals surface area (Å²) in [4.78, 5) is 11.1. The maximum Gasteiger partial charge on any atom is 0.229 e. The van der Waals surface area contributed by atoms with Gasteiger partial charge in [0.25, 0.3) is 0 Å². The summed E-state index contributed by atoms with van der Waals surface area (Å²) in [6, 6.07) is 0.499. The SMILES string of the molecule is O=C1N[C@H]2[C@H]3C[C@@H]3CCC=C[C@@H]12. The summed E-state index contributed by atoms with van der Waals surface area (Å²) >= 11 is 0. The Morgan fingerprint density at radius 2 is 2.42 bits per heavy atom. The average Bonchev–Trinajstić information content (AvgIpc) is 2.75. The van der Waals surface area contributed by atoms with Gasteiger partial charge in [0.1, 0.15) is 0 Å². The largest absolute Gasteiger partial charge is 0.351 e. The minimum atomic E-state index is 0.222. The summed E-state index contributed by atoms with van der Waals surface area (Å²) in [5.74, 6) is 2.20. The van der Waals surface area contributed by atoms with Gasteiger partial charge in [0.15, 0.2) is 0 Å². The van der Waals surface area contributed by atoms with Crippen molar-refractivity contribution in [1.29, 1.82) is 0 Å². The van der Waals surface area contributed by atoms with Gasteiger partial charge in [0.05, 0.1) is 5.92 Å². The Balaban J connectivity index is 1.84. The lowest BCUT2D eigenvalue weighted by molar-refractivity contribution is -0.133. The van der Waals surface area contributed by atoms with Gasteiger partial charge in [-0.3, -0.25) is 4.79 Å². The van der Waals surface area contributed by atoms with Crippen LogP contribution in [-0.2, 0) is 4.79 Å². The minimum Gasteiger partial charge on any atom is -0.351 e. The second kappa shape index (κ2) is 2.12. The molecule has 3 aliphatic rings. The van der Waals surface area contributed by atoms with Crippen molar-refractivity contribution >= 4 is 5.91 Å². The van der Waals surface area contributed by atoms with Crippen LogP contribution in [0.2, 0.25) is 0 Å². The van der Waals surface area contributed by atoms with Crippen molar-refractivity contribution in [3.05, 3.63) is 12.2 Å². The standard InChI is InChI=1S/C10H13NO/c12-10-7-4-2-1-3-6-5-8(6)9(7)11-10/h2,4,6-9H,1,3,5H2,(H,11,12)/t6-,7+,8-,9+/m0/s1. The molecule has 12 heavy (non-hydrogen) atoms. The average molecular weight is 163 g/mol. The number of fused-ring (bicyclic) bond motifs is 3. The summed E-state index contributed by atoms with van der Waals surface area (Å²) in [7, 11) is 0. The van der Waals surface area contributed by atoms with E-state index in [0.717, 1.165) is 11.8 Å². The van der Waals surface area contributed by atoms with E-state index in [2.05, 4.69) is 17.5 Å². The Labute approximate surface area is 72.0 Å². The first-order valence-electron chi connectivity index (χ1n) is 4.83. The van der Waals surface area contributed by atoms with Crippen molar-refractivity contribution in [3.8, 4) is 0 Å². The summed E-state index contributed by atoms with van der Waals surface area (Å²) in [6.07, 6.45) is 8.16. The van der Waals surface area contributed by atoms with E-state index < -0.39 is 0 Å². The van der Waals surface area contributed by atoms with Crippen LogP contribution in [0.1, 0.15) is 19.3 Å². The van der Waals surface area contributed by atoms with E-state index in [-0.39, 0.29) is 11.8 Å². The highest BCUT2D eigenvalue weighted by atomic mass is 16.2. The van der Waals surface area contributed by atoms with Gasteiger partial charge in [-0.05, 0) is 31.1 Å². The molecule has 0 radical (unpaired) electrons. The Hall–Kier alpha value is -0.790. The number of carbonyl (C=O) groups excluding carboxylic acids is 1. The molecular formula is C10H13NO. The molecule has 1 amide bonds. The molecule has 2 heteroatoms. The maximum absolute atomic E-state index is 11.1. The van der Waals surface area contributed by atoms with Crippen molar-refractivity contribution in [3.63, 3.8) is 0 Å². The van der Waals surface area contributed by atoms with E-state index in [4.69, 9.17) is 0 Å². The molecule has 1 heterocycles. The first kappa shape index (κ1) is 6.70. The van der Waals surface area contributed by atoms with Crippen LogP contribution in [0.3, 0.4) is 0 Å². The van der Waals surface area contributed by atoms with E-state index in [1.807, 2.05) is 0 Å². The van der Waals surface area contributed by atoms with Gasteiger partial charge in [-0.2, -0.15) is 0 Å². The first-order valence-corrected chi connectivity index (χ1v) is 4.83. The molecule has 2 fully saturated rings. The van der Waals surface area contributed by atoms with Gasteiger partial charge in [-0.15, -0.1) is 0 Å². The normalized spacial score (nSPS) is 49.2. The van der Waals surface area contributed by atoms with Crippen LogP contribution in [0.15, 0.2) is 12.2 Å². The fraction of sp³-hybridized carbons (Fsp3) is 0.700. The number of nitrogens with one attached hydrogen (secondary N) is 1. The monoisotopic (exact) mass is 163 g/mol. The maximum atomic E-state index is 11.1. The highest BCUT2D eigenvalue weighted by Gasteiger charge is 2.52. The van der Waals surface area contributed by atoms with Crippen molar-refractivity contribution < 1.29 is 4.79 Å². The van der Waals surface area contributed by atoms with Crippen LogP contribution in [0.4, 0.5) is 0 Å². The van der Waals surface area contributed by atoms with E-state index >= 15 is 0 Å². The van der Waals surface area contributed by atoms with Crippen molar-refractivity contribution in [2.45, 2.75) is 25.3 Å². The van der Waals surface area contributed by atoms with Crippen LogP contribution in [0.25, 0.3) is 0 Å². The van der Waals surface area contributed by atoms with Crippen LogP contribution in [-0.4, -0.2) is 11.9 Å². The zero-order valence-corrected chi connectivity index (χ0v) is 6.99. The molecule has 0 unspecified atom stereocenters. The van der Waals surface area contributed by atoms with Gasteiger partial charge >= 0.3 is 0 Å². The molecule has 3 rings (SSSR count). The smallest absolute Gasteiger partial charge is 0.229 e. The number of allylic oxidation sites excluding steroid dienone is 1. The molecule has 4 atom stereocenters. The molecule has 0 aromatic carbocycles. The second-order valence-corrected chi connectivity index (χ2v) is 4.23. The highest BCUT2D eigenvalue weighted by molar-refractivity contribution is 5.87. The van der Waals surface area contributed by atoms with E-state index in [0.29, 0.717) is 6.04 Å². The Morgan fingerprint density at radius 3 is 3.25 bits per heavy atom. The lowest BCUT2D eigenvalue weighted by atomic mass is 9.84. The van der Waals surface area contributed by atoms with Crippen LogP contribution in [0, 0.1) is 17.8 Å². The number of hydrogen-bond donors (Lipinski definition) is 1. The molecular weight excluding hydrogens is 150 g/mol. The van der Waals surface area contributed by atoms with Gasteiger partial charge in [-0.25, -0.2) is 0 Å². The molecule has 1 saturated carbocycles. The van der Waals surface area contributed by atoms with Crippen molar-refractivity contribution in [2.24, 2.45) is 17.8 Å². The van der Waals surface area contributed by atoms with Crippen LogP contribution >= 0.6 is 0 Å². The third-order valence-corrected chi connectivity index (χ3v) is 3.48. The molecule has 2 nitrogen and oxygen atoms in total. The number of hydrogen-bond acceptors (Lipinski definition) is 1. The number of carbonyl (C=O) groups is 1. The molecule has 1 saturated heterocycles. The Bertz CT molecular complexity index is 259. The molecule has 0 bridgehead atoms. The summed E-state index contributed by atoms with van der Waals surface area (Å²) in [5, 5.41) is 3.01. The zero-order valence-electron chi connectivity index (χ0n) is 6.99. The Morgan fingerprint density at radius 1 is 1.50 bits per heavy atom. The fourth-order valence-electron chi connectivity index (χ4n) is 2.59. The fourth-order valence-corrected chi connectivity index (χ4v) is 2.59. The van der Waals surface area contributed by atoms with Gasteiger partial charge in [0, 0.05) is 6.04 Å². The summed E-state index contributed by atoms with van der Waals surface area (Å²) in [5.41, 5.74) is 0. The molecule has 64 valence electrons. The Kier molecular flexibility index (Phi) is 1.18. The second-order valence-electron chi connectivity index (χ2n) is 4.23. The predicted molar refractivity (Wildman–Crippen MR) is 45.4 cm³/mol. The van der Waals surface area contributed by atoms with E-state index in [1.54, 1.807) is 0 Å². The molecule has 0 aromatic heterocycles. The molecule has 2 aliphatic carbocycles. The quantitative estimate of drug-likeness (QED) is 0.420. The number of amides is 1. The van der Waals surface area contributed by atoms with Gasteiger partial charge in [-0.1, -0.05) is 12.2 Å². The minimum absolute atomic E-state index is 0.222. The molecule has 0 aromatic rings. The van der Waals surface area contributed by atoms with Crippen molar-refractivity contribution in [1.82, 2.24) is 5.32 Å². The number of rotatable bonds is 0. The third kappa shape index (κ3) is 0.780. The number of β-lactam (4-membered cyclic amide) rings is 1. The van der Waals surface area contributed by atoms with Gasteiger partial charge < -0.3 is 5.32 Å². The summed E-state index contributed by atoms with van der Waals surface area (Å²) < 4.78 is 0. The summed E-state index contributed by atoms with van der Waals surface area (Å²) in [6.45, 7) is 0. The zero-order chi connectivity index (χ0) is 8.13. The topological polar surface area (TPSA) is 29.1 Å². The lowest BCUT2D eigenvalue weighted by Gasteiger charge is -2.36. The third-order valence-electron chi connectivity index (χ3n) is 3.48. The van der Waals surface area contributed by atoms with E-state index in [9.17, 15) is 4.79 Å².